The van der Waals surface area contributed by atoms with Crippen LogP contribution in [0.15, 0.2) is 50.2 Å². The van der Waals surface area contributed by atoms with Gasteiger partial charge < -0.3 is 9.73 Å². The number of rotatable bonds is 6. The summed E-state index contributed by atoms with van der Waals surface area (Å²) < 4.78 is 5.44. The second-order valence-corrected chi connectivity index (χ2v) is 8.52. The van der Waals surface area contributed by atoms with Gasteiger partial charge in [-0.25, -0.2) is 9.97 Å². The van der Waals surface area contributed by atoms with E-state index in [9.17, 15) is 0 Å². The highest BCUT2D eigenvalue weighted by molar-refractivity contribution is 8.00. The Kier molecular flexibility index (Phi) is 4.52. The van der Waals surface area contributed by atoms with Crippen LogP contribution in [0, 0.1) is 0 Å². The molecule has 5 nitrogen and oxygen atoms in total. The number of anilines is 1. The largest absolute Gasteiger partial charge is 0.467 e. The van der Waals surface area contributed by atoms with E-state index < -0.39 is 0 Å². The molecule has 0 aromatic carbocycles. The monoisotopic (exact) mass is 380 g/mol. The molecule has 0 fully saturated rings. The number of hydrogen-bond donors (Lipinski definition) is 1. The molecule has 0 spiro atoms. The molecule has 0 amide bonds. The normalized spacial score (nSPS) is 23.1. The Morgan fingerprint density at radius 1 is 1.30 bits per heavy atom. The van der Waals surface area contributed by atoms with E-state index in [0.717, 1.165) is 23.7 Å². The molecule has 27 heavy (non-hydrogen) atoms. The van der Waals surface area contributed by atoms with Crippen LogP contribution in [0.3, 0.4) is 0 Å². The average molecular weight is 381 g/mol. The fourth-order valence-electron chi connectivity index (χ4n) is 4.43. The fourth-order valence-corrected chi connectivity index (χ4v) is 5.82. The van der Waals surface area contributed by atoms with Crippen molar-refractivity contribution in [3.05, 3.63) is 47.3 Å². The van der Waals surface area contributed by atoms with Crippen LogP contribution >= 0.6 is 11.8 Å². The van der Waals surface area contributed by atoms with Crippen LogP contribution in [0.25, 0.3) is 0 Å². The van der Waals surface area contributed by atoms with Crippen molar-refractivity contribution in [1.82, 2.24) is 9.97 Å². The van der Waals surface area contributed by atoms with Gasteiger partial charge in [0.15, 0.2) is 0 Å². The van der Waals surface area contributed by atoms with Gasteiger partial charge in [-0.1, -0.05) is 30.7 Å². The first-order valence-corrected chi connectivity index (χ1v) is 10.8. The summed E-state index contributed by atoms with van der Waals surface area (Å²) in [5.41, 5.74) is 5.67. The molecule has 0 saturated carbocycles. The maximum Gasteiger partial charge on any atom is 0.143 e. The predicted molar refractivity (Wildman–Crippen MR) is 108 cm³/mol. The Morgan fingerprint density at radius 3 is 3.11 bits per heavy atom. The van der Waals surface area contributed by atoms with E-state index in [-0.39, 0.29) is 5.37 Å². The molecule has 140 valence electrons. The van der Waals surface area contributed by atoms with Crippen LogP contribution in [0.4, 0.5) is 5.82 Å². The van der Waals surface area contributed by atoms with Gasteiger partial charge in [0, 0.05) is 5.71 Å². The van der Waals surface area contributed by atoms with Crippen LogP contribution in [-0.2, 0) is 6.54 Å². The fraction of sp³-hybridized carbons (Fsp3) is 0.476. The lowest BCUT2D eigenvalue weighted by molar-refractivity contribution is 0.517. The molecule has 2 aliphatic heterocycles. The lowest BCUT2D eigenvalue weighted by Gasteiger charge is -2.26. The Morgan fingerprint density at radius 2 is 2.26 bits per heavy atom. The number of hydrogen-bond acceptors (Lipinski definition) is 6. The smallest absolute Gasteiger partial charge is 0.143 e. The molecule has 3 aliphatic rings. The van der Waals surface area contributed by atoms with Crippen LogP contribution in [0.1, 0.15) is 62.8 Å². The minimum absolute atomic E-state index is 0.226. The van der Waals surface area contributed by atoms with E-state index in [1.165, 1.54) is 42.7 Å². The maximum atomic E-state index is 5.44. The second-order valence-electron chi connectivity index (χ2n) is 7.39. The van der Waals surface area contributed by atoms with E-state index in [0.29, 0.717) is 12.5 Å². The molecule has 2 aromatic rings. The molecule has 6 heteroatoms. The number of aliphatic imine (C=N–C) groups is 1. The Balaban J connectivity index is 1.46. The highest BCUT2D eigenvalue weighted by Crippen LogP contribution is 2.55. The van der Waals surface area contributed by atoms with Gasteiger partial charge >= 0.3 is 0 Å². The third-order valence-corrected chi connectivity index (χ3v) is 6.95. The quantitative estimate of drug-likeness (QED) is 0.734. The minimum atomic E-state index is 0.226. The summed E-state index contributed by atoms with van der Waals surface area (Å²) in [6.45, 7) is 2.88. The third-order valence-electron chi connectivity index (χ3n) is 5.69. The van der Waals surface area contributed by atoms with Gasteiger partial charge in [0.2, 0.25) is 0 Å². The summed E-state index contributed by atoms with van der Waals surface area (Å²) in [4.78, 5) is 15.6. The first-order valence-electron chi connectivity index (χ1n) is 9.92. The van der Waals surface area contributed by atoms with Crippen molar-refractivity contribution in [3.63, 3.8) is 0 Å². The molecular weight excluding hydrogens is 356 g/mol. The van der Waals surface area contributed by atoms with Crippen LogP contribution < -0.4 is 5.32 Å². The summed E-state index contributed by atoms with van der Waals surface area (Å²) in [6, 6.07) is 3.88. The molecule has 0 saturated heterocycles. The zero-order valence-corrected chi connectivity index (χ0v) is 16.4. The van der Waals surface area contributed by atoms with Gasteiger partial charge in [0.25, 0.3) is 0 Å². The number of allylic oxidation sites excluding steroid dienone is 1. The number of nitrogens with one attached hydrogen (secondary N) is 1. The molecule has 2 atom stereocenters. The molecule has 4 heterocycles. The van der Waals surface area contributed by atoms with Gasteiger partial charge in [-0.05, 0) is 49.8 Å². The van der Waals surface area contributed by atoms with E-state index in [1.54, 1.807) is 23.7 Å². The van der Waals surface area contributed by atoms with Gasteiger partial charge in [-0.3, -0.25) is 4.99 Å². The van der Waals surface area contributed by atoms with Crippen molar-refractivity contribution in [2.24, 2.45) is 4.99 Å². The minimum Gasteiger partial charge on any atom is -0.467 e. The lowest BCUT2D eigenvalue weighted by atomic mass is 9.87. The SMILES string of the molecule is CCCCC1=N[C@@H]2Sc3c(NCc4ccco4)ncnc3[C@@H]2C2=C1CCC2. The third kappa shape index (κ3) is 3.00. The molecule has 0 radical (unpaired) electrons. The first kappa shape index (κ1) is 17.0. The van der Waals surface area contributed by atoms with Gasteiger partial charge in [-0.2, -0.15) is 0 Å². The zero-order valence-electron chi connectivity index (χ0n) is 15.6. The summed E-state index contributed by atoms with van der Waals surface area (Å²) in [6.07, 6.45) is 10.6. The predicted octanol–water partition coefficient (Wildman–Crippen LogP) is 5.32. The van der Waals surface area contributed by atoms with Crippen LogP contribution in [0.5, 0.6) is 0 Å². The summed E-state index contributed by atoms with van der Waals surface area (Å²) >= 11 is 1.83. The molecule has 1 N–H and O–H groups in total. The van der Waals surface area contributed by atoms with Crippen LogP contribution in [0.2, 0.25) is 0 Å². The van der Waals surface area contributed by atoms with Gasteiger partial charge in [-0.15, -0.1) is 0 Å². The number of aromatic nitrogens is 2. The van der Waals surface area contributed by atoms with E-state index in [4.69, 9.17) is 14.4 Å². The number of nitrogens with zero attached hydrogens (tertiary/aromatic N) is 3. The molecule has 5 rings (SSSR count). The van der Waals surface area contributed by atoms with Crippen molar-refractivity contribution in [3.8, 4) is 0 Å². The highest BCUT2D eigenvalue weighted by Gasteiger charge is 2.44. The summed E-state index contributed by atoms with van der Waals surface area (Å²) in [5, 5.41) is 3.66. The van der Waals surface area contributed by atoms with Gasteiger partial charge in [0.05, 0.1) is 29.3 Å². The Labute approximate surface area is 163 Å². The van der Waals surface area contributed by atoms with Crippen molar-refractivity contribution >= 4 is 23.3 Å². The molecule has 1 aliphatic carbocycles. The van der Waals surface area contributed by atoms with Crippen molar-refractivity contribution < 1.29 is 4.42 Å². The topological polar surface area (TPSA) is 63.3 Å². The van der Waals surface area contributed by atoms with Crippen molar-refractivity contribution in [1.29, 1.82) is 0 Å². The maximum absolute atomic E-state index is 5.44. The first-order chi connectivity index (χ1) is 13.3. The standard InChI is InChI=1S/C21H24N4OS/c1-2-3-9-16-14-7-4-8-15(14)17-18-19(27-21(17)25-16)20(24-12-23-18)22-11-13-6-5-10-26-13/h5-6,10,12,17,21H,2-4,7-9,11H2,1H3,(H,22,23,24)/t17-,21+/m0/s1. The molecule has 0 unspecified atom stereocenters. The number of dihydropyridines is 1. The lowest BCUT2D eigenvalue weighted by Crippen LogP contribution is -2.21. The van der Waals surface area contributed by atoms with E-state index >= 15 is 0 Å². The number of unbranched alkanes of at least 4 members (excludes halogenated alkanes) is 1. The number of fused-ring (bicyclic) bond motifs is 4. The molecular formula is C21H24N4OS. The van der Waals surface area contributed by atoms with Crippen molar-refractivity contribution in [2.45, 2.75) is 68.2 Å². The number of furan rings is 1. The van der Waals surface area contributed by atoms with E-state index in [2.05, 4.69) is 17.2 Å². The number of thioether (sulfide) groups is 1. The molecule has 2 aromatic heterocycles. The van der Waals surface area contributed by atoms with Gasteiger partial charge in [0.1, 0.15) is 23.3 Å². The average Bonchev–Trinajstić information content (AvgIpc) is 3.42. The van der Waals surface area contributed by atoms with Crippen molar-refractivity contribution in [2.75, 3.05) is 5.32 Å². The van der Waals surface area contributed by atoms with E-state index in [1.807, 2.05) is 23.9 Å². The summed E-state index contributed by atoms with van der Waals surface area (Å²) in [5.74, 6) is 2.14. The highest BCUT2D eigenvalue weighted by atomic mass is 32.2. The Hall–Kier alpha value is -2.08. The summed E-state index contributed by atoms with van der Waals surface area (Å²) in [7, 11) is 0. The Bertz CT molecular complexity index is 903. The van der Waals surface area contributed by atoms with Crippen LogP contribution in [-0.4, -0.2) is 21.1 Å². The molecule has 0 bridgehead atoms. The zero-order chi connectivity index (χ0) is 18.2. The second kappa shape index (κ2) is 7.15.